The molecule has 19 heavy (non-hydrogen) atoms. The zero-order valence-electron chi connectivity index (χ0n) is 11.4. The normalized spacial score (nSPS) is 10.4. The highest BCUT2D eigenvalue weighted by Crippen LogP contribution is 2.20. The molecular weight excluding hydrogens is 254 g/mol. The van der Waals surface area contributed by atoms with E-state index in [4.69, 9.17) is 0 Å². The topological polar surface area (TPSA) is 29.1 Å². The Labute approximate surface area is 118 Å². The highest BCUT2D eigenvalue weighted by molar-refractivity contribution is 7.09. The molecular formula is C16H19NOS. The van der Waals surface area contributed by atoms with Crippen molar-refractivity contribution in [3.63, 3.8) is 0 Å². The molecule has 0 fully saturated rings. The highest BCUT2D eigenvalue weighted by Gasteiger charge is 2.07. The van der Waals surface area contributed by atoms with Crippen LogP contribution in [0.15, 0.2) is 35.7 Å². The Morgan fingerprint density at radius 3 is 2.53 bits per heavy atom. The molecule has 0 atom stereocenters. The molecule has 0 aliphatic carbocycles. The molecule has 0 saturated carbocycles. The molecule has 1 aromatic carbocycles. The number of amides is 1. The molecule has 2 rings (SSSR count). The van der Waals surface area contributed by atoms with Gasteiger partial charge in [0.25, 0.3) is 0 Å². The van der Waals surface area contributed by atoms with Crippen molar-refractivity contribution in [3.8, 4) is 0 Å². The molecule has 0 spiro atoms. The van der Waals surface area contributed by atoms with Gasteiger partial charge in [-0.25, -0.2) is 0 Å². The highest BCUT2D eigenvalue weighted by atomic mass is 32.1. The third kappa shape index (κ3) is 3.93. The molecule has 0 aliphatic rings. The van der Waals surface area contributed by atoms with E-state index >= 15 is 0 Å². The Balaban J connectivity index is 1.84. The van der Waals surface area contributed by atoms with Crippen LogP contribution in [-0.2, 0) is 11.2 Å². The SMILES string of the molecule is Cc1cccc(C)c1NC(=O)CCCc1cccs1. The van der Waals surface area contributed by atoms with Crippen molar-refractivity contribution in [1.29, 1.82) is 0 Å². The number of aryl methyl sites for hydroxylation is 3. The average Bonchev–Trinajstić information content (AvgIpc) is 2.87. The number of carbonyl (C=O) groups is 1. The largest absolute Gasteiger partial charge is 0.326 e. The first-order valence-corrected chi connectivity index (χ1v) is 7.43. The van der Waals surface area contributed by atoms with E-state index in [0.717, 1.165) is 29.7 Å². The molecule has 1 amide bonds. The lowest BCUT2D eigenvalue weighted by molar-refractivity contribution is -0.116. The fourth-order valence-electron chi connectivity index (χ4n) is 2.09. The van der Waals surface area contributed by atoms with Crippen molar-refractivity contribution >= 4 is 22.9 Å². The summed E-state index contributed by atoms with van der Waals surface area (Å²) >= 11 is 1.75. The number of hydrogen-bond donors (Lipinski definition) is 1. The smallest absolute Gasteiger partial charge is 0.224 e. The van der Waals surface area contributed by atoms with Crippen LogP contribution in [0.5, 0.6) is 0 Å². The average molecular weight is 273 g/mol. The fourth-order valence-corrected chi connectivity index (χ4v) is 2.84. The van der Waals surface area contributed by atoms with Crippen LogP contribution in [0.3, 0.4) is 0 Å². The maximum atomic E-state index is 11.9. The second kappa shape index (κ2) is 6.53. The van der Waals surface area contributed by atoms with Crippen molar-refractivity contribution < 1.29 is 4.79 Å². The van der Waals surface area contributed by atoms with Crippen molar-refractivity contribution in [2.45, 2.75) is 33.1 Å². The van der Waals surface area contributed by atoms with Gasteiger partial charge in [0.15, 0.2) is 0 Å². The molecule has 0 saturated heterocycles. The molecule has 100 valence electrons. The van der Waals surface area contributed by atoms with Crippen LogP contribution in [0, 0.1) is 13.8 Å². The van der Waals surface area contributed by atoms with Gasteiger partial charge in [0.2, 0.25) is 5.91 Å². The summed E-state index contributed by atoms with van der Waals surface area (Å²) in [6.45, 7) is 4.04. The number of thiophene rings is 1. The number of para-hydroxylation sites is 1. The van der Waals surface area contributed by atoms with Gasteiger partial charge in [-0.2, -0.15) is 0 Å². The standard InChI is InChI=1S/C16H19NOS/c1-12-6-3-7-13(2)16(12)17-15(18)10-4-8-14-9-5-11-19-14/h3,5-7,9,11H,4,8,10H2,1-2H3,(H,17,18). The molecule has 0 radical (unpaired) electrons. The molecule has 2 aromatic rings. The van der Waals surface area contributed by atoms with Crippen molar-refractivity contribution in [1.82, 2.24) is 0 Å². The lowest BCUT2D eigenvalue weighted by Gasteiger charge is -2.11. The summed E-state index contributed by atoms with van der Waals surface area (Å²) in [4.78, 5) is 13.3. The van der Waals surface area contributed by atoms with Crippen molar-refractivity contribution in [3.05, 3.63) is 51.7 Å². The molecule has 2 nitrogen and oxygen atoms in total. The first-order valence-electron chi connectivity index (χ1n) is 6.55. The Bertz CT molecular complexity index is 526. The summed E-state index contributed by atoms with van der Waals surface area (Å²) in [7, 11) is 0. The first kappa shape index (κ1) is 13.8. The van der Waals surface area contributed by atoms with Crippen LogP contribution in [0.4, 0.5) is 5.69 Å². The minimum Gasteiger partial charge on any atom is -0.326 e. The summed E-state index contributed by atoms with van der Waals surface area (Å²) < 4.78 is 0. The van der Waals surface area contributed by atoms with E-state index in [9.17, 15) is 4.79 Å². The molecule has 1 N–H and O–H groups in total. The monoisotopic (exact) mass is 273 g/mol. The molecule has 1 heterocycles. The molecule has 0 unspecified atom stereocenters. The third-order valence-electron chi connectivity index (χ3n) is 3.15. The Hall–Kier alpha value is -1.61. The quantitative estimate of drug-likeness (QED) is 0.863. The predicted octanol–water partition coefficient (Wildman–Crippen LogP) is 4.33. The molecule has 3 heteroatoms. The second-order valence-electron chi connectivity index (χ2n) is 4.75. The summed E-state index contributed by atoms with van der Waals surface area (Å²) in [5.41, 5.74) is 3.20. The minimum absolute atomic E-state index is 0.106. The second-order valence-corrected chi connectivity index (χ2v) is 5.78. The lowest BCUT2D eigenvalue weighted by atomic mass is 10.1. The van der Waals surface area contributed by atoms with Crippen LogP contribution in [0.1, 0.15) is 28.8 Å². The van der Waals surface area contributed by atoms with Gasteiger partial charge in [0.05, 0.1) is 0 Å². The van der Waals surface area contributed by atoms with E-state index in [1.54, 1.807) is 11.3 Å². The van der Waals surface area contributed by atoms with Gasteiger partial charge < -0.3 is 5.32 Å². The summed E-state index contributed by atoms with van der Waals surface area (Å²) in [6.07, 6.45) is 2.46. The van der Waals surface area contributed by atoms with Gasteiger partial charge in [-0.05, 0) is 49.3 Å². The number of benzene rings is 1. The minimum atomic E-state index is 0.106. The maximum Gasteiger partial charge on any atom is 0.224 e. The Morgan fingerprint density at radius 1 is 1.16 bits per heavy atom. The molecule has 0 bridgehead atoms. The number of anilines is 1. The lowest BCUT2D eigenvalue weighted by Crippen LogP contribution is -2.13. The summed E-state index contributed by atoms with van der Waals surface area (Å²) in [5.74, 6) is 0.106. The number of rotatable bonds is 5. The molecule has 0 aliphatic heterocycles. The van der Waals surface area contributed by atoms with Gasteiger partial charge >= 0.3 is 0 Å². The molecule has 1 aromatic heterocycles. The maximum absolute atomic E-state index is 11.9. The predicted molar refractivity (Wildman–Crippen MR) is 81.8 cm³/mol. The van der Waals surface area contributed by atoms with Gasteiger partial charge in [-0.3, -0.25) is 4.79 Å². The number of carbonyl (C=O) groups excluding carboxylic acids is 1. The van der Waals surface area contributed by atoms with E-state index in [1.807, 2.05) is 32.0 Å². The van der Waals surface area contributed by atoms with E-state index in [1.165, 1.54) is 4.88 Å². The Morgan fingerprint density at radius 2 is 1.89 bits per heavy atom. The fraction of sp³-hybridized carbons (Fsp3) is 0.312. The zero-order chi connectivity index (χ0) is 13.7. The van der Waals surface area contributed by atoms with Crippen LogP contribution >= 0.6 is 11.3 Å². The van der Waals surface area contributed by atoms with Crippen LogP contribution in [0.25, 0.3) is 0 Å². The summed E-state index contributed by atoms with van der Waals surface area (Å²) in [5, 5.41) is 5.10. The van der Waals surface area contributed by atoms with Gasteiger partial charge in [-0.1, -0.05) is 24.3 Å². The van der Waals surface area contributed by atoms with Crippen LogP contribution in [-0.4, -0.2) is 5.91 Å². The van der Waals surface area contributed by atoms with Crippen molar-refractivity contribution in [2.24, 2.45) is 0 Å². The van der Waals surface area contributed by atoms with E-state index < -0.39 is 0 Å². The zero-order valence-corrected chi connectivity index (χ0v) is 12.2. The Kier molecular flexibility index (Phi) is 4.74. The van der Waals surface area contributed by atoms with E-state index in [0.29, 0.717) is 6.42 Å². The van der Waals surface area contributed by atoms with Crippen LogP contribution < -0.4 is 5.32 Å². The summed E-state index contributed by atoms with van der Waals surface area (Å²) in [6, 6.07) is 10.2. The third-order valence-corrected chi connectivity index (χ3v) is 4.09. The van der Waals surface area contributed by atoms with E-state index in [-0.39, 0.29) is 5.91 Å². The van der Waals surface area contributed by atoms with Gasteiger partial charge in [0.1, 0.15) is 0 Å². The van der Waals surface area contributed by atoms with Crippen LogP contribution in [0.2, 0.25) is 0 Å². The van der Waals surface area contributed by atoms with Crippen molar-refractivity contribution in [2.75, 3.05) is 5.32 Å². The number of hydrogen-bond acceptors (Lipinski definition) is 2. The van der Waals surface area contributed by atoms with Gasteiger partial charge in [0, 0.05) is 17.0 Å². The number of nitrogens with one attached hydrogen (secondary N) is 1. The van der Waals surface area contributed by atoms with E-state index in [2.05, 4.69) is 22.8 Å². The van der Waals surface area contributed by atoms with Gasteiger partial charge in [-0.15, -0.1) is 11.3 Å². The first-order chi connectivity index (χ1) is 9.16.